The molecule has 0 saturated carbocycles. The van der Waals surface area contributed by atoms with Gasteiger partial charge in [-0.15, -0.1) is 0 Å². The van der Waals surface area contributed by atoms with Crippen LogP contribution in [0, 0.1) is 0 Å². The minimum absolute atomic E-state index is 0.179. The minimum Gasteiger partial charge on any atom is -0.391 e. The molecule has 13 heteroatoms. The molecule has 2 heterocycles. The molecule has 31 heavy (non-hydrogen) atoms. The second kappa shape index (κ2) is 10.9. The van der Waals surface area contributed by atoms with Crippen LogP contribution in [0.3, 0.4) is 0 Å². The van der Waals surface area contributed by atoms with Crippen LogP contribution in [0.5, 0.6) is 0 Å². The van der Waals surface area contributed by atoms with E-state index in [-0.39, 0.29) is 6.29 Å². The molecule has 8 N–H and O–H groups in total. The van der Waals surface area contributed by atoms with Gasteiger partial charge in [0.2, 0.25) is 0 Å². The fourth-order valence-electron chi connectivity index (χ4n) is 3.38. The van der Waals surface area contributed by atoms with Gasteiger partial charge in [0.25, 0.3) is 0 Å². The Morgan fingerprint density at radius 1 is 0.742 bits per heavy atom. The molecule has 13 nitrogen and oxygen atoms in total. The Bertz CT molecular complexity index is 577. The van der Waals surface area contributed by atoms with Crippen molar-refractivity contribution < 1.29 is 64.6 Å². The lowest BCUT2D eigenvalue weighted by molar-refractivity contribution is -0.338. The van der Waals surface area contributed by atoms with Gasteiger partial charge < -0.3 is 64.6 Å². The van der Waals surface area contributed by atoms with Crippen molar-refractivity contribution in [1.82, 2.24) is 0 Å². The van der Waals surface area contributed by atoms with E-state index in [9.17, 15) is 45.6 Å². The highest BCUT2D eigenvalue weighted by Crippen LogP contribution is 2.27. The van der Waals surface area contributed by atoms with E-state index in [0.29, 0.717) is 0 Å². The second-order valence-corrected chi connectivity index (χ2v) is 7.93. The first kappa shape index (κ1) is 26.4. The largest absolute Gasteiger partial charge is 0.391 e. The lowest BCUT2D eigenvalue weighted by Gasteiger charge is -2.43. The second-order valence-electron chi connectivity index (χ2n) is 7.93. The summed E-state index contributed by atoms with van der Waals surface area (Å²) < 4.78 is 21.4. The average Bonchev–Trinajstić information content (AvgIpc) is 2.73. The van der Waals surface area contributed by atoms with E-state index in [4.69, 9.17) is 18.9 Å². The van der Waals surface area contributed by atoms with Crippen molar-refractivity contribution in [2.75, 3.05) is 0 Å². The Kier molecular flexibility index (Phi) is 9.27. The highest BCUT2D eigenvalue weighted by molar-refractivity contribution is 5.57. The number of ether oxygens (including phenoxy) is 4. The quantitative estimate of drug-likeness (QED) is 0.161. The molecule has 14 atom stereocenters. The number of aliphatic hydroxyl groups excluding tert-OH is 8. The average molecular weight is 456 g/mol. The smallest absolute Gasteiger partial charge is 0.187 e. The molecule has 182 valence electrons. The Morgan fingerprint density at radius 2 is 1.16 bits per heavy atom. The molecule has 0 spiro atoms. The van der Waals surface area contributed by atoms with Gasteiger partial charge >= 0.3 is 0 Å². The van der Waals surface area contributed by atoms with Gasteiger partial charge in [-0.1, -0.05) is 0 Å². The van der Waals surface area contributed by atoms with Crippen LogP contribution >= 0.6 is 0 Å². The zero-order valence-corrected chi connectivity index (χ0v) is 17.3. The molecule has 1 unspecified atom stereocenters. The number of rotatable bonds is 8. The molecule has 0 aromatic carbocycles. The van der Waals surface area contributed by atoms with E-state index >= 15 is 0 Å². The van der Waals surface area contributed by atoms with E-state index in [1.165, 1.54) is 20.8 Å². The van der Waals surface area contributed by atoms with Gasteiger partial charge in [0.15, 0.2) is 18.9 Å². The van der Waals surface area contributed by atoms with Crippen LogP contribution in [0.4, 0.5) is 0 Å². The van der Waals surface area contributed by atoms with E-state index in [1.807, 2.05) is 0 Å². The van der Waals surface area contributed by atoms with E-state index < -0.39 is 85.8 Å². The predicted molar refractivity (Wildman–Crippen MR) is 98.2 cm³/mol. The first-order valence-corrected chi connectivity index (χ1v) is 9.92. The summed E-state index contributed by atoms with van der Waals surface area (Å²) in [5, 5.41) is 79.9. The summed E-state index contributed by atoms with van der Waals surface area (Å²) in [5.74, 6) is 0. The summed E-state index contributed by atoms with van der Waals surface area (Å²) >= 11 is 0. The van der Waals surface area contributed by atoms with Crippen molar-refractivity contribution in [3.8, 4) is 0 Å². The summed E-state index contributed by atoms with van der Waals surface area (Å²) in [5.41, 5.74) is 0. The topological polar surface area (TPSA) is 216 Å². The van der Waals surface area contributed by atoms with Crippen molar-refractivity contribution >= 4 is 6.29 Å². The Hall–Kier alpha value is -0.810. The summed E-state index contributed by atoms with van der Waals surface area (Å²) in [6.07, 6.45) is -21.3. The van der Waals surface area contributed by atoms with Crippen molar-refractivity contribution in [2.45, 2.75) is 107 Å². The summed E-state index contributed by atoms with van der Waals surface area (Å²) in [6.45, 7) is 3.98. The van der Waals surface area contributed by atoms with Gasteiger partial charge in [0, 0.05) is 0 Å². The molecular formula is C18H32O13. The van der Waals surface area contributed by atoms with Gasteiger partial charge in [-0.3, -0.25) is 0 Å². The summed E-state index contributed by atoms with van der Waals surface area (Å²) in [7, 11) is 0. The van der Waals surface area contributed by atoms with Gasteiger partial charge in [0.1, 0.15) is 54.9 Å². The molecule has 2 aliphatic rings. The highest BCUT2D eigenvalue weighted by atomic mass is 16.7. The number of aldehydes is 1. The number of carbonyl (C=O) groups is 1. The Labute approximate surface area is 178 Å². The molecule has 2 fully saturated rings. The molecular weight excluding hydrogens is 424 g/mol. The van der Waals surface area contributed by atoms with E-state index in [1.54, 1.807) is 0 Å². The molecule has 0 aliphatic carbocycles. The molecule has 0 bridgehead atoms. The van der Waals surface area contributed by atoms with Crippen LogP contribution in [0.1, 0.15) is 20.8 Å². The molecule has 2 saturated heterocycles. The molecule has 2 rings (SSSR count). The first-order valence-electron chi connectivity index (χ1n) is 9.92. The zero-order chi connectivity index (χ0) is 23.6. The fraction of sp³-hybridized carbons (Fsp3) is 0.944. The van der Waals surface area contributed by atoms with Crippen molar-refractivity contribution in [3.63, 3.8) is 0 Å². The van der Waals surface area contributed by atoms with E-state index in [2.05, 4.69) is 0 Å². The van der Waals surface area contributed by atoms with Crippen LogP contribution in [0.15, 0.2) is 0 Å². The lowest BCUT2D eigenvalue weighted by Crippen LogP contribution is -2.61. The standard InChI is InChI=1S/C18H32O13/c1-5(20)9(21)16(31-18-15(27)13(25)11(23)7(3)29-18)8(4-19)30-17-14(26)12(24)10(22)6(2)28-17/h4-18,20-27H,1-3H3/t5-,6-,7-,8-,9-,10-,11-,12+,13+,14+,15+,16-,17-,18?/m1/s1. The third-order valence-electron chi connectivity index (χ3n) is 5.49. The monoisotopic (exact) mass is 456 g/mol. The highest BCUT2D eigenvalue weighted by Gasteiger charge is 2.48. The normalized spacial score (nSPS) is 45.5. The molecule has 0 radical (unpaired) electrons. The fourth-order valence-corrected chi connectivity index (χ4v) is 3.38. The van der Waals surface area contributed by atoms with Crippen LogP contribution in [0.25, 0.3) is 0 Å². The van der Waals surface area contributed by atoms with Gasteiger partial charge in [-0.05, 0) is 20.8 Å². The maximum atomic E-state index is 11.7. The number of aliphatic hydroxyl groups is 8. The summed E-state index contributed by atoms with van der Waals surface area (Å²) in [6, 6.07) is 0. The van der Waals surface area contributed by atoms with Crippen molar-refractivity contribution in [2.24, 2.45) is 0 Å². The molecule has 0 aromatic rings. The van der Waals surface area contributed by atoms with E-state index in [0.717, 1.165) is 0 Å². The number of hydrogen-bond donors (Lipinski definition) is 8. The zero-order valence-electron chi connectivity index (χ0n) is 17.3. The van der Waals surface area contributed by atoms with Crippen LogP contribution in [-0.2, 0) is 23.7 Å². The minimum atomic E-state index is -1.77. The van der Waals surface area contributed by atoms with Crippen molar-refractivity contribution in [3.05, 3.63) is 0 Å². The molecule has 0 amide bonds. The van der Waals surface area contributed by atoms with Crippen LogP contribution in [-0.4, -0.2) is 133 Å². The third kappa shape index (κ3) is 5.76. The van der Waals surface area contributed by atoms with Crippen LogP contribution < -0.4 is 0 Å². The number of carbonyl (C=O) groups excluding carboxylic acids is 1. The van der Waals surface area contributed by atoms with Crippen LogP contribution in [0.2, 0.25) is 0 Å². The summed E-state index contributed by atoms with van der Waals surface area (Å²) in [4.78, 5) is 11.7. The maximum Gasteiger partial charge on any atom is 0.187 e. The molecule has 0 aromatic heterocycles. The van der Waals surface area contributed by atoms with Gasteiger partial charge in [-0.25, -0.2) is 0 Å². The Balaban J connectivity index is 2.22. The third-order valence-corrected chi connectivity index (χ3v) is 5.49. The van der Waals surface area contributed by atoms with Crippen molar-refractivity contribution in [1.29, 1.82) is 0 Å². The lowest BCUT2D eigenvalue weighted by atomic mass is 9.98. The van der Waals surface area contributed by atoms with Gasteiger partial charge in [-0.2, -0.15) is 0 Å². The maximum absolute atomic E-state index is 11.7. The van der Waals surface area contributed by atoms with Gasteiger partial charge in [0.05, 0.1) is 18.3 Å². The SMILES string of the molecule is C[C@@H](O)[C@@H](O)[C@H](OC1O[C@H](C)[C@@H](O)[C@H](O)[C@@H]1O)[C@@H](C=O)O[C@H]1O[C@H](C)[C@@H](O)[C@H](O)[C@@H]1O. The molecule has 2 aliphatic heterocycles. The predicted octanol–water partition coefficient (Wildman–Crippen LogP) is -4.65. The first-order chi connectivity index (χ1) is 14.4. The Morgan fingerprint density at radius 3 is 1.55 bits per heavy atom. The number of hydrogen-bond acceptors (Lipinski definition) is 13.